The molecule has 0 spiro atoms. The van der Waals surface area contributed by atoms with E-state index in [0.717, 1.165) is 24.9 Å². The zero-order valence-corrected chi connectivity index (χ0v) is 14.1. The van der Waals surface area contributed by atoms with Crippen molar-refractivity contribution >= 4 is 5.91 Å². The van der Waals surface area contributed by atoms with Crippen LogP contribution in [0.3, 0.4) is 0 Å². The van der Waals surface area contributed by atoms with Crippen molar-refractivity contribution in [3.05, 3.63) is 53.9 Å². The Labute approximate surface area is 146 Å². The molecular formula is C19H22FN3O2. The van der Waals surface area contributed by atoms with E-state index >= 15 is 0 Å². The molecule has 0 radical (unpaired) electrons. The Hall–Kier alpha value is -2.21. The normalized spacial score (nSPS) is 22.2. The Bertz CT molecular complexity index is 768. The van der Waals surface area contributed by atoms with E-state index in [9.17, 15) is 9.18 Å². The minimum atomic E-state index is -0.713. The van der Waals surface area contributed by atoms with Gasteiger partial charge in [0.2, 0.25) is 5.91 Å². The number of nitrogens with one attached hydrogen (secondary N) is 1. The summed E-state index contributed by atoms with van der Waals surface area (Å²) in [6.07, 6.45) is 6.64. The average Bonchev–Trinajstić information content (AvgIpc) is 3.10. The summed E-state index contributed by atoms with van der Waals surface area (Å²) < 4.78 is 21.3. The quantitative estimate of drug-likeness (QED) is 0.930. The van der Waals surface area contributed by atoms with Crippen molar-refractivity contribution in [1.82, 2.24) is 14.9 Å². The first-order valence-electron chi connectivity index (χ1n) is 8.81. The number of rotatable bonds is 3. The number of imidazole rings is 1. The maximum Gasteiger partial charge on any atom is 0.231 e. The minimum absolute atomic E-state index is 0.0186. The first kappa shape index (κ1) is 16.3. The third-order valence-corrected chi connectivity index (χ3v) is 5.46. The fourth-order valence-corrected chi connectivity index (χ4v) is 3.97. The lowest BCUT2D eigenvalue weighted by Gasteiger charge is -2.38. The summed E-state index contributed by atoms with van der Waals surface area (Å²) >= 11 is 0. The van der Waals surface area contributed by atoms with Gasteiger partial charge in [0, 0.05) is 37.7 Å². The maximum absolute atomic E-state index is 13.8. The molecule has 1 N–H and O–H groups in total. The van der Waals surface area contributed by atoms with Gasteiger partial charge in [-0.05, 0) is 43.4 Å². The molecule has 4 rings (SSSR count). The zero-order valence-electron chi connectivity index (χ0n) is 14.1. The number of carbonyl (C=O) groups is 1. The zero-order chi connectivity index (χ0) is 17.3. The smallest absolute Gasteiger partial charge is 0.231 e. The van der Waals surface area contributed by atoms with Crippen LogP contribution in [0.5, 0.6) is 0 Å². The minimum Gasteiger partial charge on any atom is -0.381 e. The van der Waals surface area contributed by atoms with Crippen LogP contribution in [0, 0.1) is 5.82 Å². The van der Waals surface area contributed by atoms with E-state index in [0.29, 0.717) is 26.1 Å². The lowest BCUT2D eigenvalue weighted by molar-refractivity contribution is -0.131. The van der Waals surface area contributed by atoms with Crippen LogP contribution in [0.4, 0.5) is 4.39 Å². The summed E-state index contributed by atoms with van der Waals surface area (Å²) in [5.41, 5.74) is 1.24. The van der Waals surface area contributed by atoms with Gasteiger partial charge >= 0.3 is 0 Å². The highest BCUT2D eigenvalue weighted by Crippen LogP contribution is 2.36. The van der Waals surface area contributed by atoms with E-state index < -0.39 is 5.41 Å². The summed E-state index contributed by atoms with van der Waals surface area (Å²) in [5.74, 6) is -0.327. The molecule has 2 aliphatic heterocycles. The van der Waals surface area contributed by atoms with E-state index in [-0.39, 0.29) is 17.8 Å². The number of amides is 1. The van der Waals surface area contributed by atoms with Gasteiger partial charge in [0.05, 0.1) is 11.7 Å². The molecule has 1 aromatic carbocycles. The predicted octanol–water partition coefficient (Wildman–Crippen LogP) is 2.20. The molecule has 3 heterocycles. The Kier molecular flexibility index (Phi) is 4.29. The largest absolute Gasteiger partial charge is 0.381 e. The molecule has 132 valence electrons. The molecule has 1 atom stereocenters. The number of halogens is 1. The van der Waals surface area contributed by atoms with Crippen molar-refractivity contribution < 1.29 is 13.9 Å². The van der Waals surface area contributed by atoms with Gasteiger partial charge in [-0.25, -0.2) is 9.37 Å². The second-order valence-electron chi connectivity index (χ2n) is 6.95. The van der Waals surface area contributed by atoms with Crippen LogP contribution < -0.4 is 5.32 Å². The molecule has 0 aliphatic carbocycles. The van der Waals surface area contributed by atoms with Crippen LogP contribution in [-0.4, -0.2) is 34.7 Å². The van der Waals surface area contributed by atoms with Crippen LogP contribution in [-0.2, 0) is 27.9 Å². The molecule has 25 heavy (non-hydrogen) atoms. The molecule has 1 saturated heterocycles. The lowest BCUT2D eigenvalue weighted by Crippen LogP contribution is -2.52. The van der Waals surface area contributed by atoms with E-state index in [1.54, 1.807) is 6.07 Å². The molecule has 2 aromatic rings. The second kappa shape index (κ2) is 6.59. The van der Waals surface area contributed by atoms with Gasteiger partial charge in [0.1, 0.15) is 5.82 Å². The van der Waals surface area contributed by atoms with E-state index in [1.165, 1.54) is 17.8 Å². The number of aromatic nitrogens is 2. The Morgan fingerprint density at radius 2 is 2.20 bits per heavy atom. The molecule has 1 fully saturated rings. The summed E-state index contributed by atoms with van der Waals surface area (Å²) in [6.45, 7) is 1.76. The standard InChI is InChI=1S/C19H22FN3O2/c20-15-3-1-2-14(10-15)19(6-8-25-9-7-19)18(24)22-16-4-5-17-11-21-13-23(17)12-16/h1-3,10-11,13,16H,4-9,12H2,(H,22,24). The Morgan fingerprint density at radius 1 is 1.36 bits per heavy atom. The SMILES string of the molecule is O=C(NC1CCc2cncn2C1)C1(c2cccc(F)c2)CCOCC1. The van der Waals surface area contributed by atoms with Crippen molar-refractivity contribution in [3.8, 4) is 0 Å². The number of fused-ring (bicyclic) bond motifs is 1. The lowest BCUT2D eigenvalue weighted by atomic mass is 9.73. The van der Waals surface area contributed by atoms with Gasteiger partial charge in [0.25, 0.3) is 0 Å². The van der Waals surface area contributed by atoms with Crippen molar-refractivity contribution in [2.24, 2.45) is 0 Å². The fraction of sp³-hybridized carbons (Fsp3) is 0.474. The van der Waals surface area contributed by atoms with Crippen LogP contribution in [0.2, 0.25) is 0 Å². The highest BCUT2D eigenvalue weighted by Gasteiger charge is 2.42. The number of carbonyl (C=O) groups excluding carboxylic acids is 1. The van der Waals surface area contributed by atoms with Crippen molar-refractivity contribution in [1.29, 1.82) is 0 Å². The van der Waals surface area contributed by atoms with Gasteiger partial charge in [-0.2, -0.15) is 0 Å². The molecule has 0 bridgehead atoms. The van der Waals surface area contributed by atoms with E-state index in [2.05, 4.69) is 14.9 Å². The summed E-state index contributed by atoms with van der Waals surface area (Å²) in [7, 11) is 0. The summed E-state index contributed by atoms with van der Waals surface area (Å²) in [4.78, 5) is 17.4. The summed E-state index contributed by atoms with van der Waals surface area (Å²) in [5, 5.41) is 3.21. The first-order chi connectivity index (χ1) is 12.2. The average molecular weight is 343 g/mol. The van der Waals surface area contributed by atoms with Gasteiger partial charge < -0.3 is 14.6 Å². The number of ether oxygens (including phenoxy) is 1. The molecular weight excluding hydrogens is 321 g/mol. The predicted molar refractivity (Wildman–Crippen MR) is 90.6 cm³/mol. The topological polar surface area (TPSA) is 56.2 Å². The fourth-order valence-electron chi connectivity index (χ4n) is 3.97. The van der Waals surface area contributed by atoms with Crippen molar-refractivity contribution in [2.45, 2.75) is 43.7 Å². The summed E-state index contributed by atoms with van der Waals surface area (Å²) in [6, 6.07) is 6.49. The third kappa shape index (κ3) is 3.06. The van der Waals surface area contributed by atoms with Gasteiger partial charge in [-0.1, -0.05) is 12.1 Å². The molecule has 1 unspecified atom stereocenters. The number of hydrogen-bond acceptors (Lipinski definition) is 3. The van der Waals surface area contributed by atoms with Crippen LogP contribution in [0.15, 0.2) is 36.8 Å². The second-order valence-corrected chi connectivity index (χ2v) is 6.95. The van der Waals surface area contributed by atoms with Gasteiger partial charge in [0.15, 0.2) is 0 Å². The molecule has 1 amide bonds. The van der Waals surface area contributed by atoms with Crippen LogP contribution in [0.1, 0.15) is 30.5 Å². The number of hydrogen-bond donors (Lipinski definition) is 1. The highest BCUT2D eigenvalue weighted by atomic mass is 19.1. The van der Waals surface area contributed by atoms with Gasteiger partial charge in [-0.15, -0.1) is 0 Å². The number of nitrogens with zero attached hydrogens (tertiary/aromatic N) is 2. The Balaban J connectivity index is 1.56. The van der Waals surface area contributed by atoms with Crippen LogP contribution >= 0.6 is 0 Å². The molecule has 6 heteroatoms. The number of benzene rings is 1. The highest BCUT2D eigenvalue weighted by molar-refractivity contribution is 5.88. The molecule has 2 aliphatic rings. The Morgan fingerprint density at radius 3 is 3.00 bits per heavy atom. The van der Waals surface area contributed by atoms with E-state index in [1.807, 2.05) is 18.6 Å². The van der Waals surface area contributed by atoms with Crippen molar-refractivity contribution in [2.75, 3.05) is 13.2 Å². The molecule has 5 nitrogen and oxygen atoms in total. The van der Waals surface area contributed by atoms with Gasteiger partial charge in [-0.3, -0.25) is 4.79 Å². The maximum atomic E-state index is 13.8. The van der Waals surface area contributed by atoms with Crippen LogP contribution in [0.25, 0.3) is 0 Å². The third-order valence-electron chi connectivity index (χ3n) is 5.46. The monoisotopic (exact) mass is 343 g/mol. The first-order valence-corrected chi connectivity index (χ1v) is 8.81. The molecule has 1 aromatic heterocycles. The van der Waals surface area contributed by atoms with E-state index in [4.69, 9.17) is 4.74 Å². The van der Waals surface area contributed by atoms with Crippen molar-refractivity contribution in [3.63, 3.8) is 0 Å². The number of aryl methyl sites for hydroxylation is 1. The molecule has 0 saturated carbocycles.